The van der Waals surface area contributed by atoms with Crippen LogP contribution in [-0.4, -0.2) is 20.7 Å². The Morgan fingerprint density at radius 3 is 1.76 bits per heavy atom. The van der Waals surface area contributed by atoms with E-state index in [1.807, 2.05) is 12.1 Å². The van der Waals surface area contributed by atoms with Gasteiger partial charge < -0.3 is 13.6 Å². The Bertz CT molecular complexity index is 3400. The second-order valence-electron chi connectivity index (χ2n) is 15.3. The Hall–Kier alpha value is -7.50. The Kier molecular flexibility index (Phi) is 7.20. The first-order valence-electron chi connectivity index (χ1n) is 19.9. The van der Waals surface area contributed by atoms with Gasteiger partial charge in [-0.05, 0) is 59.2 Å². The number of hydrogen-bond donors (Lipinski definition) is 0. The fourth-order valence-corrected chi connectivity index (χ4v) is 9.42. The van der Waals surface area contributed by atoms with Crippen LogP contribution < -0.4 is 0 Å². The van der Waals surface area contributed by atoms with Crippen LogP contribution in [0.25, 0.3) is 82.4 Å². The highest BCUT2D eigenvalue weighted by Gasteiger charge is 2.33. The summed E-state index contributed by atoms with van der Waals surface area (Å²) in [5.74, 6) is 0.675. The summed E-state index contributed by atoms with van der Waals surface area (Å²) in [5, 5.41) is 7.00. The standard InChI is InChI=1S/C53H36N4O/c1-33-49(35-16-4-2-5-17-35)54-52(36-18-6-3-7-19-36)55-53(33)57-46-26-14-10-23-41(46)48-42(32-43-40-22-11-15-27-47(40)58-51(43)50(48)57)34-28-30-37(31-29-34)56-44-24-12-8-20-38(44)39-21-9-13-25-45(39)56/h2-33,53H,1H3. The van der Waals surface area contributed by atoms with Crippen LogP contribution in [0.5, 0.6) is 0 Å². The molecule has 0 N–H and O–H groups in total. The van der Waals surface area contributed by atoms with Gasteiger partial charge in [-0.25, -0.2) is 9.98 Å². The topological polar surface area (TPSA) is 47.7 Å². The van der Waals surface area contributed by atoms with Crippen molar-refractivity contribution < 1.29 is 4.42 Å². The van der Waals surface area contributed by atoms with Gasteiger partial charge in [0.25, 0.3) is 0 Å². The molecule has 1 aliphatic heterocycles. The average molecular weight is 745 g/mol. The van der Waals surface area contributed by atoms with E-state index in [2.05, 4.69) is 192 Å². The zero-order valence-corrected chi connectivity index (χ0v) is 31.7. The molecule has 3 aromatic heterocycles. The van der Waals surface area contributed by atoms with Crippen LogP contribution in [0.1, 0.15) is 24.2 Å². The predicted molar refractivity (Wildman–Crippen MR) is 241 cm³/mol. The van der Waals surface area contributed by atoms with E-state index in [0.717, 1.165) is 83.2 Å². The summed E-state index contributed by atoms with van der Waals surface area (Å²) < 4.78 is 11.7. The molecule has 58 heavy (non-hydrogen) atoms. The van der Waals surface area contributed by atoms with Crippen molar-refractivity contribution in [1.82, 2.24) is 9.13 Å². The van der Waals surface area contributed by atoms with Crippen molar-refractivity contribution in [3.8, 4) is 16.8 Å². The second kappa shape index (κ2) is 12.8. The van der Waals surface area contributed by atoms with Crippen molar-refractivity contribution in [1.29, 1.82) is 0 Å². The third-order valence-corrected chi connectivity index (χ3v) is 12.1. The molecule has 1 aliphatic rings. The molecule has 274 valence electrons. The number of rotatable bonds is 5. The molecule has 5 nitrogen and oxygen atoms in total. The van der Waals surface area contributed by atoms with Crippen LogP contribution >= 0.6 is 0 Å². The third kappa shape index (κ3) is 4.83. The molecule has 0 radical (unpaired) electrons. The predicted octanol–water partition coefficient (Wildman–Crippen LogP) is 13.5. The number of nitrogens with zero attached hydrogens (tertiary/aromatic N) is 4. The molecule has 0 saturated carbocycles. The number of fused-ring (bicyclic) bond motifs is 10. The molecular weight excluding hydrogens is 709 g/mol. The molecule has 12 rings (SSSR count). The highest BCUT2D eigenvalue weighted by molar-refractivity contribution is 6.26. The van der Waals surface area contributed by atoms with Crippen LogP contribution in [-0.2, 0) is 0 Å². The minimum Gasteiger partial charge on any atom is -0.454 e. The number of amidine groups is 1. The molecule has 0 spiro atoms. The lowest BCUT2D eigenvalue weighted by Crippen LogP contribution is -2.29. The number of para-hydroxylation sites is 4. The summed E-state index contributed by atoms with van der Waals surface area (Å²) in [6.45, 7) is 2.26. The molecule has 2 atom stereocenters. The first kappa shape index (κ1) is 32.7. The van der Waals surface area contributed by atoms with Crippen molar-refractivity contribution in [2.45, 2.75) is 13.1 Å². The summed E-state index contributed by atoms with van der Waals surface area (Å²) in [6, 6.07) is 66.8. The Morgan fingerprint density at radius 1 is 0.500 bits per heavy atom. The summed E-state index contributed by atoms with van der Waals surface area (Å²) in [6.07, 6.45) is -0.311. The molecule has 8 aromatic carbocycles. The molecule has 2 unspecified atom stereocenters. The third-order valence-electron chi connectivity index (χ3n) is 12.1. The highest BCUT2D eigenvalue weighted by Crippen LogP contribution is 2.47. The first-order valence-corrected chi connectivity index (χ1v) is 19.9. The van der Waals surface area contributed by atoms with Crippen LogP contribution in [0, 0.1) is 5.92 Å². The number of aromatic nitrogens is 2. The molecule has 0 bridgehead atoms. The fraction of sp³-hybridized carbons (Fsp3) is 0.0566. The molecule has 0 saturated heterocycles. The van der Waals surface area contributed by atoms with Gasteiger partial charge in [0.15, 0.2) is 11.4 Å². The fourth-order valence-electron chi connectivity index (χ4n) is 9.42. The zero-order valence-electron chi connectivity index (χ0n) is 31.7. The minimum absolute atomic E-state index is 0.0533. The highest BCUT2D eigenvalue weighted by atomic mass is 16.3. The van der Waals surface area contributed by atoms with Gasteiger partial charge in [0.1, 0.15) is 11.7 Å². The minimum atomic E-state index is -0.311. The molecule has 4 heterocycles. The van der Waals surface area contributed by atoms with Gasteiger partial charge in [-0.2, -0.15) is 0 Å². The normalized spacial score (nSPS) is 15.9. The van der Waals surface area contributed by atoms with Crippen molar-refractivity contribution in [3.63, 3.8) is 0 Å². The van der Waals surface area contributed by atoms with Crippen molar-refractivity contribution in [3.05, 3.63) is 199 Å². The monoisotopic (exact) mass is 744 g/mol. The summed E-state index contributed by atoms with van der Waals surface area (Å²) in [4.78, 5) is 10.8. The number of aliphatic imine (C=N–C) groups is 2. The zero-order chi connectivity index (χ0) is 38.3. The van der Waals surface area contributed by atoms with E-state index in [4.69, 9.17) is 14.4 Å². The molecule has 0 aliphatic carbocycles. The van der Waals surface area contributed by atoms with Crippen LogP contribution in [0.2, 0.25) is 0 Å². The lowest BCUT2D eigenvalue weighted by atomic mass is 9.93. The smallest absolute Gasteiger partial charge is 0.159 e. The van der Waals surface area contributed by atoms with Crippen LogP contribution in [0.15, 0.2) is 202 Å². The lowest BCUT2D eigenvalue weighted by molar-refractivity contribution is 0.463. The average Bonchev–Trinajstić information content (AvgIpc) is 3.95. The maximum Gasteiger partial charge on any atom is 0.159 e. The van der Waals surface area contributed by atoms with E-state index in [-0.39, 0.29) is 12.1 Å². The largest absolute Gasteiger partial charge is 0.454 e. The molecule has 11 aromatic rings. The van der Waals surface area contributed by atoms with Crippen LogP contribution in [0.4, 0.5) is 0 Å². The number of hydrogen-bond acceptors (Lipinski definition) is 3. The molecule has 0 amide bonds. The van der Waals surface area contributed by atoms with Gasteiger partial charge >= 0.3 is 0 Å². The van der Waals surface area contributed by atoms with Gasteiger partial charge in [-0.15, -0.1) is 0 Å². The van der Waals surface area contributed by atoms with Crippen molar-refractivity contribution in [2.75, 3.05) is 0 Å². The Morgan fingerprint density at radius 2 is 1.07 bits per heavy atom. The van der Waals surface area contributed by atoms with Crippen LogP contribution in [0.3, 0.4) is 0 Å². The van der Waals surface area contributed by atoms with Gasteiger partial charge in [-0.1, -0.05) is 153 Å². The molecule has 5 heteroatoms. The van der Waals surface area contributed by atoms with E-state index in [0.29, 0.717) is 0 Å². The maximum absolute atomic E-state index is 6.92. The number of furan rings is 1. The van der Waals surface area contributed by atoms with Gasteiger partial charge in [0, 0.05) is 49.5 Å². The van der Waals surface area contributed by atoms with E-state index in [1.54, 1.807) is 0 Å². The van der Waals surface area contributed by atoms with Crippen molar-refractivity contribution >= 4 is 77.1 Å². The molecular formula is C53H36N4O. The van der Waals surface area contributed by atoms with Gasteiger partial charge in [0.05, 0.1) is 27.8 Å². The van der Waals surface area contributed by atoms with E-state index in [9.17, 15) is 0 Å². The quantitative estimate of drug-likeness (QED) is 0.173. The summed E-state index contributed by atoms with van der Waals surface area (Å²) in [5.41, 5.74) is 12.8. The van der Waals surface area contributed by atoms with Gasteiger partial charge in [0.2, 0.25) is 0 Å². The maximum atomic E-state index is 6.92. The Balaban J connectivity index is 1.14. The Labute approximate surface area is 334 Å². The van der Waals surface area contributed by atoms with E-state index < -0.39 is 0 Å². The summed E-state index contributed by atoms with van der Waals surface area (Å²) in [7, 11) is 0. The number of benzene rings is 8. The van der Waals surface area contributed by atoms with E-state index in [1.165, 1.54) is 21.8 Å². The van der Waals surface area contributed by atoms with Gasteiger partial charge in [-0.3, -0.25) is 0 Å². The lowest BCUT2D eigenvalue weighted by Gasteiger charge is -2.30. The van der Waals surface area contributed by atoms with E-state index >= 15 is 0 Å². The summed E-state index contributed by atoms with van der Waals surface area (Å²) >= 11 is 0. The second-order valence-corrected chi connectivity index (χ2v) is 15.3. The van der Waals surface area contributed by atoms with Crippen molar-refractivity contribution in [2.24, 2.45) is 15.9 Å². The first-order chi connectivity index (χ1) is 28.7. The SMILES string of the molecule is CC1C(c2ccccc2)=NC(c2ccccc2)=NC1n1c2ccccc2c2c(-c3ccc(-n4c5ccccc5c5ccccc54)cc3)cc3c4ccccc4oc3c21. The molecule has 0 fully saturated rings.